The highest BCUT2D eigenvalue weighted by Crippen LogP contribution is 2.25. The van der Waals surface area contributed by atoms with Crippen molar-refractivity contribution in [3.63, 3.8) is 0 Å². The van der Waals surface area contributed by atoms with E-state index in [-0.39, 0.29) is 17.4 Å². The van der Waals surface area contributed by atoms with Crippen LogP contribution in [0.4, 0.5) is 0 Å². The first-order valence-corrected chi connectivity index (χ1v) is 11.4. The van der Waals surface area contributed by atoms with Gasteiger partial charge in [-0.05, 0) is 60.2 Å². The van der Waals surface area contributed by atoms with E-state index in [4.69, 9.17) is 0 Å². The number of amides is 1. The van der Waals surface area contributed by atoms with Crippen molar-refractivity contribution in [2.45, 2.75) is 56.7 Å². The summed E-state index contributed by atoms with van der Waals surface area (Å²) in [6.07, 6.45) is 0. The smallest absolute Gasteiger partial charge is 0.251 e. The SMILES string of the molecule is Cc1ccc(SCc2ccc(C(=O)NC(C)c3ccc(C(C)(C)C)cc3)cc2)cc1. The number of aryl methyl sites for hydroxylation is 1. The molecule has 0 saturated heterocycles. The Bertz CT molecular complexity index is 967. The highest BCUT2D eigenvalue weighted by atomic mass is 32.2. The van der Waals surface area contributed by atoms with Crippen LogP contribution in [0.3, 0.4) is 0 Å². The first-order chi connectivity index (χ1) is 14.2. The van der Waals surface area contributed by atoms with E-state index >= 15 is 0 Å². The summed E-state index contributed by atoms with van der Waals surface area (Å²) in [5.41, 5.74) is 5.71. The molecule has 3 aromatic carbocycles. The Hall–Kier alpha value is -2.52. The summed E-state index contributed by atoms with van der Waals surface area (Å²) in [6, 6.07) is 25.0. The molecule has 0 aromatic heterocycles. The van der Waals surface area contributed by atoms with Crippen molar-refractivity contribution in [2.75, 3.05) is 0 Å². The van der Waals surface area contributed by atoms with Gasteiger partial charge in [-0.2, -0.15) is 0 Å². The van der Waals surface area contributed by atoms with Gasteiger partial charge in [0.2, 0.25) is 0 Å². The molecule has 0 bridgehead atoms. The predicted molar refractivity (Wildman–Crippen MR) is 128 cm³/mol. The molecular formula is C27H31NOS. The van der Waals surface area contributed by atoms with E-state index in [1.165, 1.54) is 21.6 Å². The van der Waals surface area contributed by atoms with Gasteiger partial charge < -0.3 is 5.32 Å². The molecule has 0 spiro atoms. The lowest BCUT2D eigenvalue weighted by Gasteiger charge is -2.20. The van der Waals surface area contributed by atoms with Gasteiger partial charge >= 0.3 is 0 Å². The number of nitrogens with one attached hydrogen (secondary N) is 1. The minimum absolute atomic E-state index is 0.0386. The summed E-state index contributed by atoms with van der Waals surface area (Å²) >= 11 is 1.81. The van der Waals surface area contributed by atoms with Crippen molar-refractivity contribution >= 4 is 17.7 Å². The molecule has 1 N–H and O–H groups in total. The highest BCUT2D eigenvalue weighted by molar-refractivity contribution is 7.98. The lowest BCUT2D eigenvalue weighted by Crippen LogP contribution is -2.26. The van der Waals surface area contributed by atoms with Crippen LogP contribution in [0, 0.1) is 6.92 Å². The number of benzene rings is 3. The van der Waals surface area contributed by atoms with Gasteiger partial charge in [-0.1, -0.05) is 74.9 Å². The zero-order chi connectivity index (χ0) is 21.7. The van der Waals surface area contributed by atoms with E-state index in [1.54, 1.807) is 11.8 Å². The first-order valence-electron chi connectivity index (χ1n) is 10.4. The second kappa shape index (κ2) is 9.53. The number of carbonyl (C=O) groups excluding carboxylic acids is 1. The van der Waals surface area contributed by atoms with Crippen LogP contribution in [-0.2, 0) is 11.2 Å². The maximum Gasteiger partial charge on any atom is 0.251 e. The van der Waals surface area contributed by atoms with Crippen LogP contribution < -0.4 is 5.32 Å². The summed E-state index contributed by atoms with van der Waals surface area (Å²) in [4.78, 5) is 13.9. The number of rotatable bonds is 6. The standard InChI is InChI=1S/C27H31NOS/c1-19-6-16-25(17-7-19)30-18-21-8-10-23(11-9-21)26(29)28-20(2)22-12-14-24(15-13-22)27(3,4)5/h6-17,20H,18H2,1-5H3,(H,28,29). The molecule has 3 aromatic rings. The number of carbonyl (C=O) groups is 1. The molecule has 0 radical (unpaired) electrons. The Morgan fingerprint density at radius 3 is 2.07 bits per heavy atom. The fraction of sp³-hybridized carbons (Fsp3) is 0.296. The van der Waals surface area contributed by atoms with E-state index in [2.05, 4.69) is 81.5 Å². The van der Waals surface area contributed by atoms with Crippen LogP contribution in [0.2, 0.25) is 0 Å². The fourth-order valence-electron chi connectivity index (χ4n) is 3.19. The second-order valence-corrected chi connectivity index (χ2v) is 9.91. The quantitative estimate of drug-likeness (QED) is 0.434. The topological polar surface area (TPSA) is 29.1 Å². The Kier molecular flexibility index (Phi) is 7.04. The number of hydrogen-bond donors (Lipinski definition) is 1. The van der Waals surface area contributed by atoms with E-state index in [1.807, 2.05) is 31.2 Å². The van der Waals surface area contributed by atoms with Crippen LogP contribution in [0.5, 0.6) is 0 Å². The minimum Gasteiger partial charge on any atom is -0.346 e. The third kappa shape index (κ3) is 5.99. The first kappa shape index (κ1) is 22.2. The van der Waals surface area contributed by atoms with Gasteiger partial charge in [0.25, 0.3) is 5.91 Å². The molecule has 3 heteroatoms. The molecule has 1 unspecified atom stereocenters. The van der Waals surface area contributed by atoms with Crippen LogP contribution in [0.15, 0.2) is 77.7 Å². The van der Waals surface area contributed by atoms with Crippen molar-refractivity contribution in [3.05, 3.63) is 101 Å². The molecule has 2 nitrogen and oxygen atoms in total. The summed E-state index contributed by atoms with van der Waals surface area (Å²) in [5, 5.41) is 3.11. The lowest BCUT2D eigenvalue weighted by atomic mass is 9.86. The average Bonchev–Trinajstić information content (AvgIpc) is 2.73. The molecule has 3 rings (SSSR count). The zero-order valence-electron chi connectivity index (χ0n) is 18.5. The molecule has 1 amide bonds. The van der Waals surface area contributed by atoms with E-state index in [0.717, 1.165) is 11.3 Å². The summed E-state index contributed by atoms with van der Waals surface area (Å²) < 4.78 is 0. The van der Waals surface area contributed by atoms with E-state index in [0.29, 0.717) is 5.56 Å². The maximum atomic E-state index is 12.7. The summed E-state index contributed by atoms with van der Waals surface area (Å²) in [7, 11) is 0. The molecule has 0 aliphatic rings. The molecule has 0 aliphatic heterocycles. The molecule has 156 valence electrons. The van der Waals surface area contributed by atoms with Crippen molar-refractivity contribution in [1.82, 2.24) is 5.32 Å². The average molecular weight is 418 g/mol. The minimum atomic E-state index is -0.0415. The third-order valence-electron chi connectivity index (χ3n) is 5.27. The van der Waals surface area contributed by atoms with Crippen molar-refractivity contribution < 1.29 is 4.79 Å². The molecule has 0 heterocycles. The van der Waals surface area contributed by atoms with Crippen LogP contribution >= 0.6 is 11.8 Å². The normalized spacial score (nSPS) is 12.4. The molecular weight excluding hydrogens is 386 g/mol. The van der Waals surface area contributed by atoms with E-state index < -0.39 is 0 Å². The Balaban J connectivity index is 1.56. The van der Waals surface area contributed by atoms with Gasteiger partial charge in [0.15, 0.2) is 0 Å². The third-order valence-corrected chi connectivity index (χ3v) is 6.35. The highest BCUT2D eigenvalue weighted by Gasteiger charge is 2.15. The monoisotopic (exact) mass is 417 g/mol. The number of hydrogen-bond acceptors (Lipinski definition) is 2. The van der Waals surface area contributed by atoms with Gasteiger partial charge in [-0.25, -0.2) is 0 Å². The van der Waals surface area contributed by atoms with Crippen molar-refractivity contribution in [2.24, 2.45) is 0 Å². The largest absolute Gasteiger partial charge is 0.346 e. The lowest BCUT2D eigenvalue weighted by molar-refractivity contribution is 0.0940. The summed E-state index contributed by atoms with van der Waals surface area (Å²) in [5.74, 6) is 0.849. The molecule has 30 heavy (non-hydrogen) atoms. The van der Waals surface area contributed by atoms with Crippen LogP contribution in [0.1, 0.15) is 66.3 Å². The molecule has 0 fully saturated rings. The van der Waals surface area contributed by atoms with Crippen LogP contribution in [-0.4, -0.2) is 5.91 Å². The van der Waals surface area contributed by atoms with Gasteiger partial charge in [0.05, 0.1) is 6.04 Å². The molecule has 1 atom stereocenters. The Labute approximate surface area is 185 Å². The van der Waals surface area contributed by atoms with Crippen molar-refractivity contribution in [3.8, 4) is 0 Å². The van der Waals surface area contributed by atoms with Gasteiger partial charge in [-0.15, -0.1) is 11.8 Å². The fourth-order valence-corrected chi connectivity index (χ4v) is 4.04. The van der Waals surface area contributed by atoms with Gasteiger partial charge in [0.1, 0.15) is 0 Å². The zero-order valence-corrected chi connectivity index (χ0v) is 19.3. The maximum absolute atomic E-state index is 12.7. The summed E-state index contributed by atoms with van der Waals surface area (Å²) in [6.45, 7) is 10.7. The predicted octanol–water partition coefficient (Wildman–Crippen LogP) is 7.08. The Morgan fingerprint density at radius 2 is 1.50 bits per heavy atom. The van der Waals surface area contributed by atoms with Gasteiger partial charge in [0, 0.05) is 16.2 Å². The molecule has 0 saturated carbocycles. The van der Waals surface area contributed by atoms with E-state index in [9.17, 15) is 4.79 Å². The van der Waals surface area contributed by atoms with Gasteiger partial charge in [-0.3, -0.25) is 4.79 Å². The van der Waals surface area contributed by atoms with Crippen LogP contribution in [0.25, 0.3) is 0 Å². The Morgan fingerprint density at radius 1 is 0.900 bits per heavy atom. The van der Waals surface area contributed by atoms with Crippen molar-refractivity contribution in [1.29, 1.82) is 0 Å². The second-order valence-electron chi connectivity index (χ2n) is 8.87. The molecule has 0 aliphatic carbocycles. The number of thioether (sulfide) groups is 1.